The first-order chi connectivity index (χ1) is 7.88. The second-order valence-electron chi connectivity index (χ2n) is 4.58. The third kappa shape index (κ3) is 3.30. The van der Waals surface area contributed by atoms with Crippen LogP contribution in [0.15, 0.2) is 4.42 Å². The Morgan fingerprint density at radius 2 is 1.94 bits per heavy atom. The van der Waals surface area contributed by atoms with Crippen LogP contribution in [0.2, 0.25) is 0 Å². The third-order valence-corrected chi connectivity index (χ3v) is 3.22. The van der Waals surface area contributed by atoms with Gasteiger partial charge in [0.05, 0.1) is 6.54 Å². The molecule has 1 saturated carbocycles. The van der Waals surface area contributed by atoms with Crippen LogP contribution in [0.25, 0.3) is 0 Å². The highest BCUT2D eigenvalue weighted by atomic mass is 16.4. The highest BCUT2D eigenvalue weighted by Crippen LogP contribution is 2.26. The fourth-order valence-electron chi connectivity index (χ4n) is 2.31. The number of aromatic nitrogens is 2. The van der Waals surface area contributed by atoms with Gasteiger partial charge in [0.1, 0.15) is 0 Å². The van der Waals surface area contributed by atoms with Gasteiger partial charge in [-0.05, 0) is 25.3 Å². The van der Waals surface area contributed by atoms with Gasteiger partial charge in [0.25, 0.3) is 0 Å². The molecule has 0 aromatic carbocycles. The molecule has 0 saturated heterocycles. The predicted octanol–water partition coefficient (Wildman–Crippen LogP) is 2.30. The van der Waals surface area contributed by atoms with Crippen molar-refractivity contribution >= 4 is 0 Å². The van der Waals surface area contributed by atoms with E-state index in [1.54, 1.807) is 0 Å². The topological polar surface area (TPSA) is 51.0 Å². The molecule has 90 valence electrons. The largest absolute Gasteiger partial charge is 0.424 e. The van der Waals surface area contributed by atoms with Crippen molar-refractivity contribution in [1.29, 1.82) is 0 Å². The van der Waals surface area contributed by atoms with Crippen LogP contribution in [0.4, 0.5) is 0 Å². The zero-order valence-corrected chi connectivity index (χ0v) is 10.0. The number of nitrogens with zero attached hydrogens (tertiary/aromatic N) is 2. The molecule has 0 aliphatic heterocycles. The Hall–Kier alpha value is -0.900. The SMILES string of the molecule is CCNCc1nnc(CC2CCCCC2)o1. The average Bonchev–Trinajstić information content (AvgIpc) is 2.75. The minimum Gasteiger partial charge on any atom is -0.424 e. The average molecular weight is 223 g/mol. The standard InChI is InChI=1S/C12H21N3O/c1-2-13-9-12-15-14-11(16-12)8-10-6-4-3-5-7-10/h10,13H,2-9H2,1H3. The molecule has 1 aliphatic carbocycles. The van der Waals surface area contributed by atoms with E-state index in [9.17, 15) is 0 Å². The van der Waals surface area contributed by atoms with Crippen LogP contribution >= 0.6 is 0 Å². The summed E-state index contributed by atoms with van der Waals surface area (Å²) in [6.07, 6.45) is 7.74. The second-order valence-corrected chi connectivity index (χ2v) is 4.58. The number of hydrogen-bond acceptors (Lipinski definition) is 4. The van der Waals surface area contributed by atoms with Crippen LogP contribution in [0, 0.1) is 5.92 Å². The molecule has 1 heterocycles. The normalized spacial score (nSPS) is 17.8. The molecule has 1 aliphatic rings. The van der Waals surface area contributed by atoms with Crippen LogP contribution in [0.5, 0.6) is 0 Å². The Morgan fingerprint density at radius 3 is 2.69 bits per heavy atom. The maximum atomic E-state index is 5.60. The van der Waals surface area contributed by atoms with Gasteiger partial charge < -0.3 is 9.73 Å². The summed E-state index contributed by atoms with van der Waals surface area (Å²) in [6, 6.07) is 0. The van der Waals surface area contributed by atoms with Gasteiger partial charge in [0.15, 0.2) is 0 Å². The van der Waals surface area contributed by atoms with E-state index in [0.29, 0.717) is 12.4 Å². The lowest BCUT2D eigenvalue weighted by atomic mass is 9.87. The molecular formula is C12H21N3O. The van der Waals surface area contributed by atoms with Gasteiger partial charge in [0.2, 0.25) is 11.8 Å². The van der Waals surface area contributed by atoms with E-state index in [2.05, 4.69) is 22.4 Å². The van der Waals surface area contributed by atoms with E-state index in [-0.39, 0.29) is 0 Å². The molecule has 1 aromatic rings. The Kier molecular flexibility index (Phi) is 4.34. The van der Waals surface area contributed by atoms with Crippen molar-refractivity contribution in [2.24, 2.45) is 5.92 Å². The van der Waals surface area contributed by atoms with E-state index in [0.717, 1.165) is 24.8 Å². The number of nitrogens with one attached hydrogen (secondary N) is 1. The summed E-state index contributed by atoms with van der Waals surface area (Å²) in [5.41, 5.74) is 0. The molecule has 1 N–H and O–H groups in total. The molecule has 16 heavy (non-hydrogen) atoms. The lowest BCUT2D eigenvalue weighted by molar-refractivity contribution is 0.323. The van der Waals surface area contributed by atoms with Crippen LogP contribution < -0.4 is 5.32 Å². The molecule has 0 amide bonds. The highest BCUT2D eigenvalue weighted by Gasteiger charge is 2.17. The summed E-state index contributed by atoms with van der Waals surface area (Å²) in [5.74, 6) is 2.30. The summed E-state index contributed by atoms with van der Waals surface area (Å²) in [5, 5.41) is 11.3. The van der Waals surface area contributed by atoms with Crippen LogP contribution in [0.3, 0.4) is 0 Å². The van der Waals surface area contributed by atoms with E-state index < -0.39 is 0 Å². The lowest BCUT2D eigenvalue weighted by Crippen LogP contribution is -2.11. The quantitative estimate of drug-likeness (QED) is 0.832. The second kappa shape index (κ2) is 5.99. The Balaban J connectivity index is 1.81. The molecule has 0 atom stereocenters. The van der Waals surface area contributed by atoms with E-state index in [1.807, 2.05) is 0 Å². The molecule has 0 unspecified atom stereocenters. The van der Waals surface area contributed by atoms with E-state index in [1.165, 1.54) is 32.1 Å². The third-order valence-electron chi connectivity index (χ3n) is 3.22. The summed E-state index contributed by atoms with van der Waals surface area (Å²) in [6.45, 7) is 3.69. The van der Waals surface area contributed by atoms with Gasteiger partial charge in [0, 0.05) is 6.42 Å². The van der Waals surface area contributed by atoms with Crippen molar-refractivity contribution in [2.75, 3.05) is 6.54 Å². The maximum absolute atomic E-state index is 5.60. The Labute approximate surface area is 96.8 Å². The van der Waals surface area contributed by atoms with Crippen molar-refractivity contribution in [1.82, 2.24) is 15.5 Å². The first-order valence-electron chi connectivity index (χ1n) is 6.40. The highest BCUT2D eigenvalue weighted by molar-refractivity contribution is 4.85. The molecule has 4 heteroatoms. The molecule has 1 aromatic heterocycles. The van der Waals surface area contributed by atoms with Gasteiger partial charge in [-0.1, -0.05) is 26.2 Å². The van der Waals surface area contributed by atoms with Gasteiger partial charge in [-0.3, -0.25) is 0 Å². The minimum absolute atomic E-state index is 0.689. The first-order valence-corrected chi connectivity index (χ1v) is 6.40. The van der Waals surface area contributed by atoms with Gasteiger partial charge in [-0.2, -0.15) is 0 Å². The van der Waals surface area contributed by atoms with Gasteiger partial charge in [-0.25, -0.2) is 0 Å². The maximum Gasteiger partial charge on any atom is 0.230 e. The summed E-state index contributed by atoms with van der Waals surface area (Å²) in [7, 11) is 0. The summed E-state index contributed by atoms with van der Waals surface area (Å²) >= 11 is 0. The molecule has 2 rings (SSSR count). The van der Waals surface area contributed by atoms with E-state index in [4.69, 9.17) is 4.42 Å². The van der Waals surface area contributed by atoms with E-state index >= 15 is 0 Å². The Bertz CT molecular complexity index is 305. The molecule has 1 fully saturated rings. The van der Waals surface area contributed by atoms with Crippen molar-refractivity contribution in [3.8, 4) is 0 Å². The van der Waals surface area contributed by atoms with Crippen LogP contribution in [-0.2, 0) is 13.0 Å². The number of rotatable bonds is 5. The first kappa shape index (κ1) is 11.6. The fraction of sp³-hybridized carbons (Fsp3) is 0.833. The Morgan fingerprint density at radius 1 is 1.19 bits per heavy atom. The molecule has 0 spiro atoms. The van der Waals surface area contributed by atoms with Crippen molar-refractivity contribution < 1.29 is 4.42 Å². The van der Waals surface area contributed by atoms with Crippen molar-refractivity contribution in [2.45, 2.75) is 52.0 Å². The number of hydrogen-bond donors (Lipinski definition) is 1. The van der Waals surface area contributed by atoms with Crippen molar-refractivity contribution in [3.05, 3.63) is 11.8 Å². The van der Waals surface area contributed by atoms with Crippen molar-refractivity contribution in [3.63, 3.8) is 0 Å². The minimum atomic E-state index is 0.689. The zero-order chi connectivity index (χ0) is 11.2. The van der Waals surface area contributed by atoms with Gasteiger partial charge >= 0.3 is 0 Å². The predicted molar refractivity (Wildman–Crippen MR) is 62.0 cm³/mol. The van der Waals surface area contributed by atoms with Crippen LogP contribution in [-0.4, -0.2) is 16.7 Å². The van der Waals surface area contributed by atoms with Crippen LogP contribution in [0.1, 0.15) is 50.8 Å². The summed E-state index contributed by atoms with van der Waals surface area (Å²) < 4.78 is 5.60. The molecule has 0 radical (unpaired) electrons. The lowest BCUT2D eigenvalue weighted by Gasteiger charge is -2.19. The zero-order valence-electron chi connectivity index (χ0n) is 10.0. The molecule has 0 bridgehead atoms. The fourth-order valence-corrected chi connectivity index (χ4v) is 2.31. The molecule has 4 nitrogen and oxygen atoms in total. The summed E-state index contributed by atoms with van der Waals surface area (Å²) in [4.78, 5) is 0. The monoisotopic (exact) mass is 223 g/mol. The van der Waals surface area contributed by atoms with Gasteiger partial charge in [-0.15, -0.1) is 10.2 Å². The smallest absolute Gasteiger partial charge is 0.230 e. The molecular weight excluding hydrogens is 202 g/mol.